The summed E-state index contributed by atoms with van der Waals surface area (Å²) in [6.07, 6.45) is 0. The van der Waals surface area contributed by atoms with Crippen LogP contribution in [-0.4, -0.2) is 0 Å². The number of hydrogen-bond acceptors (Lipinski definition) is 0. The fourth-order valence-electron chi connectivity index (χ4n) is 2.87. The summed E-state index contributed by atoms with van der Waals surface area (Å²) in [5.41, 5.74) is 6.31. The molecule has 0 fully saturated rings. The van der Waals surface area contributed by atoms with Crippen LogP contribution >= 0.6 is 0 Å². The molecule has 1 atom stereocenters. The predicted octanol–water partition coefficient (Wildman–Crippen LogP) is 4.62. The van der Waals surface area contributed by atoms with E-state index in [2.05, 4.69) is 58.9 Å². The minimum atomic E-state index is 0.317. The maximum atomic E-state index is 2.33. The van der Waals surface area contributed by atoms with Gasteiger partial charge in [0, 0.05) is 5.92 Å². The molecule has 0 aromatic heterocycles. The van der Waals surface area contributed by atoms with E-state index in [1.807, 2.05) is 0 Å². The van der Waals surface area contributed by atoms with Crippen LogP contribution < -0.4 is 0 Å². The molecular weight excluding hydrogens is 180 g/mol. The van der Waals surface area contributed by atoms with Gasteiger partial charge in [0.05, 0.1) is 0 Å². The van der Waals surface area contributed by atoms with Crippen LogP contribution in [-0.2, 0) is 0 Å². The molecule has 0 nitrogen and oxygen atoms in total. The second kappa shape index (κ2) is 3.23. The molecule has 0 heterocycles. The van der Waals surface area contributed by atoms with Crippen molar-refractivity contribution in [3.05, 3.63) is 41.0 Å². The monoisotopic (exact) mass is 200 g/mol. The summed E-state index contributed by atoms with van der Waals surface area (Å²) in [4.78, 5) is 0. The van der Waals surface area contributed by atoms with Gasteiger partial charge in [-0.2, -0.15) is 0 Å². The second-order valence-electron chi connectivity index (χ2n) is 5.69. The maximum absolute atomic E-state index is 2.33. The van der Waals surface area contributed by atoms with Crippen molar-refractivity contribution >= 4 is 5.57 Å². The van der Waals surface area contributed by atoms with Gasteiger partial charge < -0.3 is 0 Å². The van der Waals surface area contributed by atoms with Gasteiger partial charge in [-0.3, -0.25) is 0 Å². The van der Waals surface area contributed by atoms with E-state index >= 15 is 0 Å². The SMILES string of the molecule is CC1=C(C)C(C(C)(C)C)c2ccccc21. The Kier molecular flexibility index (Phi) is 2.26. The molecule has 0 bridgehead atoms. The first-order chi connectivity index (χ1) is 6.93. The van der Waals surface area contributed by atoms with Crippen LogP contribution in [0.25, 0.3) is 5.57 Å². The molecule has 0 amide bonds. The predicted molar refractivity (Wildman–Crippen MR) is 66.9 cm³/mol. The van der Waals surface area contributed by atoms with Crippen LogP contribution in [0.3, 0.4) is 0 Å². The number of hydrogen-bond donors (Lipinski definition) is 0. The smallest absolute Gasteiger partial charge is 0.0106 e. The van der Waals surface area contributed by atoms with Crippen LogP contribution in [0.2, 0.25) is 0 Å². The first-order valence-corrected chi connectivity index (χ1v) is 5.69. The van der Waals surface area contributed by atoms with Crippen molar-refractivity contribution in [1.29, 1.82) is 0 Å². The van der Waals surface area contributed by atoms with Crippen LogP contribution in [0.4, 0.5) is 0 Å². The molecule has 1 aromatic rings. The van der Waals surface area contributed by atoms with Crippen molar-refractivity contribution in [2.45, 2.75) is 40.5 Å². The highest BCUT2D eigenvalue weighted by molar-refractivity contribution is 5.76. The van der Waals surface area contributed by atoms with Gasteiger partial charge in [-0.05, 0) is 36.0 Å². The summed E-state index contributed by atoms with van der Waals surface area (Å²) >= 11 is 0. The van der Waals surface area contributed by atoms with Crippen molar-refractivity contribution in [2.24, 2.45) is 5.41 Å². The Morgan fingerprint density at radius 2 is 1.60 bits per heavy atom. The molecule has 0 saturated heterocycles. The van der Waals surface area contributed by atoms with Gasteiger partial charge in [0.25, 0.3) is 0 Å². The fourth-order valence-corrected chi connectivity index (χ4v) is 2.87. The Hall–Kier alpha value is -1.04. The lowest BCUT2D eigenvalue weighted by Gasteiger charge is -2.29. The molecule has 1 aliphatic carbocycles. The highest BCUT2D eigenvalue weighted by Gasteiger charge is 2.34. The molecule has 1 aromatic carbocycles. The normalized spacial score (nSPS) is 20.7. The molecule has 0 heteroatoms. The minimum absolute atomic E-state index is 0.317. The van der Waals surface area contributed by atoms with Crippen molar-refractivity contribution in [2.75, 3.05) is 0 Å². The molecule has 80 valence electrons. The quantitative estimate of drug-likeness (QED) is 0.573. The Balaban J connectivity index is 2.62. The first kappa shape index (κ1) is 10.5. The molecule has 2 rings (SSSR count). The molecule has 1 aliphatic rings. The van der Waals surface area contributed by atoms with E-state index in [1.165, 1.54) is 16.7 Å². The van der Waals surface area contributed by atoms with E-state index in [0.717, 1.165) is 0 Å². The van der Waals surface area contributed by atoms with Crippen LogP contribution in [0.1, 0.15) is 51.7 Å². The fraction of sp³-hybridized carbons (Fsp3) is 0.467. The molecule has 1 unspecified atom stereocenters. The van der Waals surface area contributed by atoms with Crippen LogP contribution in [0, 0.1) is 5.41 Å². The van der Waals surface area contributed by atoms with E-state index in [4.69, 9.17) is 0 Å². The third-order valence-electron chi connectivity index (χ3n) is 3.57. The molecule has 0 saturated carbocycles. The van der Waals surface area contributed by atoms with Gasteiger partial charge >= 0.3 is 0 Å². The number of fused-ring (bicyclic) bond motifs is 1. The lowest BCUT2D eigenvalue weighted by atomic mass is 9.75. The van der Waals surface area contributed by atoms with Crippen LogP contribution in [0.5, 0.6) is 0 Å². The highest BCUT2D eigenvalue weighted by atomic mass is 14.4. The number of allylic oxidation sites excluding steroid dienone is 2. The highest BCUT2D eigenvalue weighted by Crippen LogP contribution is 2.49. The largest absolute Gasteiger partial charge is 0.0619 e. The number of rotatable bonds is 0. The summed E-state index contributed by atoms with van der Waals surface area (Å²) in [7, 11) is 0. The summed E-state index contributed by atoms with van der Waals surface area (Å²) in [5, 5.41) is 0. The average Bonchev–Trinajstić information content (AvgIpc) is 2.39. The van der Waals surface area contributed by atoms with Crippen molar-refractivity contribution in [3.8, 4) is 0 Å². The van der Waals surface area contributed by atoms with E-state index in [0.29, 0.717) is 11.3 Å². The van der Waals surface area contributed by atoms with Crippen molar-refractivity contribution in [1.82, 2.24) is 0 Å². The van der Waals surface area contributed by atoms with E-state index < -0.39 is 0 Å². The van der Waals surface area contributed by atoms with Crippen molar-refractivity contribution in [3.63, 3.8) is 0 Å². The summed E-state index contributed by atoms with van der Waals surface area (Å²) < 4.78 is 0. The Labute approximate surface area is 93.0 Å². The molecular formula is C15H20. The zero-order valence-corrected chi connectivity index (χ0v) is 10.4. The maximum Gasteiger partial charge on any atom is 0.0106 e. The van der Waals surface area contributed by atoms with Gasteiger partial charge in [-0.25, -0.2) is 0 Å². The Morgan fingerprint density at radius 3 is 2.20 bits per heavy atom. The van der Waals surface area contributed by atoms with Crippen molar-refractivity contribution < 1.29 is 0 Å². The van der Waals surface area contributed by atoms with Crippen LogP contribution in [0.15, 0.2) is 29.8 Å². The third-order valence-corrected chi connectivity index (χ3v) is 3.57. The summed E-state index contributed by atoms with van der Waals surface area (Å²) in [5.74, 6) is 0.591. The lowest BCUT2D eigenvalue weighted by Crippen LogP contribution is -2.17. The van der Waals surface area contributed by atoms with Gasteiger partial charge in [0.1, 0.15) is 0 Å². The van der Waals surface area contributed by atoms with E-state index in [-0.39, 0.29) is 0 Å². The van der Waals surface area contributed by atoms with E-state index in [1.54, 1.807) is 5.57 Å². The molecule has 0 N–H and O–H groups in total. The topological polar surface area (TPSA) is 0 Å². The van der Waals surface area contributed by atoms with Gasteiger partial charge in [-0.15, -0.1) is 0 Å². The zero-order valence-electron chi connectivity index (χ0n) is 10.4. The third kappa shape index (κ3) is 1.52. The molecule has 0 spiro atoms. The zero-order chi connectivity index (χ0) is 11.2. The summed E-state index contributed by atoms with van der Waals surface area (Å²) in [6, 6.07) is 8.83. The standard InChI is InChI=1S/C15H20/c1-10-11(2)14(15(3,4)5)13-9-7-6-8-12(10)13/h6-9,14H,1-5H3. The van der Waals surface area contributed by atoms with Gasteiger partial charge in [-0.1, -0.05) is 50.6 Å². The minimum Gasteiger partial charge on any atom is -0.0619 e. The average molecular weight is 200 g/mol. The van der Waals surface area contributed by atoms with E-state index in [9.17, 15) is 0 Å². The molecule has 0 radical (unpaired) electrons. The van der Waals surface area contributed by atoms with Gasteiger partial charge in [0.15, 0.2) is 0 Å². The second-order valence-corrected chi connectivity index (χ2v) is 5.69. The first-order valence-electron chi connectivity index (χ1n) is 5.69. The number of benzene rings is 1. The molecule has 0 aliphatic heterocycles. The molecule has 15 heavy (non-hydrogen) atoms. The summed E-state index contributed by atoms with van der Waals surface area (Å²) in [6.45, 7) is 11.5. The lowest BCUT2D eigenvalue weighted by molar-refractivity contribution is 0.358. The Bertz CT molecular complexity index is 416. The van der Waals surface area contributed by atoms with Gasteiger partial charge in [0.2, 0.25) is 0 Å². The Morgan fingerprint density at radius 1 is 1.00 bits per heavy atom.